The topological polar surface area (TPSA) is 58.6 Å². The SMILES string of the molecule is CCOC(=O)c1c(NC(=O)c2ccccc2SC)sc2c1CCN(C)C2.Cl. The molecule has 0 fully saturated rings. The molecule has 1 amide bonds. The largest absolute Gasteiger partial charge is 0.462 e. The molecule has 0 saturated carbocycles. The van der Waals surface area contributed by atoms with E-state index in [0.717, 1.165) is 34.8 Å². The molecule has 146 valence electrons. The average molecular weight is 427 g/mol. The van der Waals surface area contributed by atoms with Crippen LogP contribution in [0, 0.1) is 0 Å². The van der Waals surface area contributed by atoms with Gasteiger partial charge in [-0.3, -0.25) is 4.79 Å². The summed E-state index contributed by atoms with van der Waals surface area (Å²) in [5.74, 6) is -0.560. The van der Waals surface area contributed by atoms with Crippen LogP contribution in [0.2, 0.25) is 0 Å². The summed E-state index contributed by atoms with van der Waals surface area (Å²) in [5, 5.41) is 3.55. The van der Waals surface area contributed by atoms with Crippen molar-refractivity contribution in [3.05, 3.63) is 45.8 Å². The van der Waals surface area contributed by atoms with Gasteiger partial charge < -0.3 is 15.0 Å². The van der Waals surface area contributed by atoms with Crippen LogP contribution in [-0.4, -0.2) is 43.2 Å². The molecule has 1 aliphatic rings. The van der Waals surface area contributed by atoms with Crippen LogP contribution in [0.15, 0.2) is 29.2 Å². The van der Waals surface area contributed by atoms with Crippen molar-refractivity contribution in [2.75, 3.05) is 31.8 Å². The molecule has 1 aliphatic heterocycles. The molecular formula is C19H23ClN2O3S2. The van der Waals surface area contributed by atoms with E-state index in [0.29, 0.717) is 22.7 Å². The lowest BCUT2D eigenvalue weighted by Crippen LogP contribution is -2.26. The van der Waals surface area contributed by atoms with Gasteiger partial charge >= 0.3 is 5.97 Å². The van der Waals surface area contributed by atoms with Crippen LogP contribution in [0.3, 0.4) is 0 Å². The number of likely N-dealkylation sites (N-methyl/N-ethyl adjacent to an activating group) is 1. The Morgan fingerprint density at radius 1 is 1.33 bits per heavy atom. The van der Waals surface area contributed by atoms with Crippen molar-refractivity contribution >= 4 is 52.4 Å². The van der Waals surface area contributed by atoms with Gasteiger partial charge in [-0.25, -0.2) is 4.79 Å². The third-order valence-corrected chi connectivity index (χ3v) is 6.23. The Balaban J connectivity index is 0.00000261. The van der Waals surface area contributed by atoms with E-state index < -0.39 is 0 Å². The molecule has 2 heterocycles. The van der Waals surface area contributed by atoms with E-state index >= 15 is 0 Å². The van der Waals surface area contributed by atoms with Crippen LogP contribution in [0.1, 0.15) is 38.1 Å². The number of rotatable bonds is 5. The first-order valence-corrected chi connectivity index (χ1v) is 10.5. The summed E-state index contributed by atoms with van der Waals surface area (Å²) in [6.45, 7) is 3.77. The number of thioether (sulfide) groups is 1. The minimum Gasteiger partial charge on any atom is -0.462 e. The highest BCUT2D eigenvalue weighted by atomic mass is 35.5. The van der Waals surface area contributed by atoms with Crippen molar-refractivity contribution in [3.8, 4) is 0 Å². The van der Waals surface area contributed by atoms with Crippen molar-refractivity contribution in [3.63, 3.8) is 0 Å². The lowest BCUT2D eigenvalue weighted by molar-refractivity contribution is 0.0526. The molecular weight excluding hydrogens is 404 g/mol. The van der Waals surface area contributed by atoms with Gasteiger partial charge in [0.05, 0.1) is 17.7 Å². The minimum absolute atomic E-state index is 0. The summed E-state index contributed by atoms with van der Waals surface area (Å²) in [4.78, 5) is 29.6. The Kier molecular flexibility index (Phi) is 7.73. The van der Waals surface area contributed by atoms with Crippen LogP contribution >= 0.6 is 35.5 Å². The number of esters is 1. The first kappa shape index (κ1) is 21.8. The Labute approximate surface area is 173 Å². The number of amides is 1. The number of carbonyl (C=O) groups excluding carboxylic acids is 2. The third-order valence-electron chi connectivity index (χ3n) is 4.31. The highest BCUT2D eigenvalue weighted by Crippen LogP contribution is 2.38. The summed E-state index contributed by atoms with van der Waals surface area (Å²) in [6.07, 6.45) is 2.73. The maximum absolute atomic E-state index is 12.8. The van der Waals surface area contributed by atoms with Crippen molar-refractivity contribution in [1.82, 2.24) is 4.90 Å². The first-order chi connectivity index (χ1) is 12.5. The highest BCUT2D eigenvalue weighted by Gasteiger charge is 2.29. The van der Waals surface area contributed by atoms with E-state index in [-0.39, 0.29) is 24.3 Å². The number of hydrogen-bond donors (Lipinski definition) is 1. The second-order valence-corrected chi connectivity index (χ2v) is 8.02. The molecule has 0 saturated heterocycles. The van der Waals surface area contributed by atoms with Crippen LogP contribution in [0.25, 0.3) is 0 Å². The van der Waals surface area contributed by atoms with Gasteiger partial charge in [0.15, 0.2) is 0 Å². The Hall–Kier alpha value is -1.54. The van der Waals surface area contributed by atoms with Gasteiger partial charge in [-0.1, -0.05) is 12.1 Å². The van der Waals surface area contributed by atoms with E-state index in [2.05, 4.69) is 17.3 Å². The van der Waals surface area contributed by atoms with Gasteiger partial charge in [0, 0.05) is 22.9 Å². The number of carbonyl (C=O) groups is 2. The van der Waals surface area contributed by atoms with Crippen LogP contribution in [0.4, 0.5) is 5.00 Å². The average Bonchev–Trinajstić information content (AvgIpc) is 2.98. The number of fused-ring (bicyclic) bond motifs is 1. The molecule has 0 spiro atoms. The molecule has 2 aromatic rings. The smallest absolute Gasteiger partial charge is 0.341 e. The van der Waals surface area contributed by atoms with E-state index in [9.17, 15) is 9.59 Å². The summed E-state index contributed by atoms with van der Waals surface area (Å²) >= 11 is 3.00. The van der Waals surface area contributed by atoms with Gasteiger partial charge in [-0.2, -0.15) is 0 Å². The summed E-state index contributed by atoms with van der Waals surface area (Å²) in [6, 6.07) is 7.47. The molecule has 1 aromatic heterocycles. The predicted molar refractivity (Wildman–Crippen MR) is 114 cm³/mol. The minimum atomic E-state index is -0.358. The van der Waals surface area contributed by atoms with E-state index in [4.69, 9.17) is 4.74 Å². The summed E-state index contributed by atoms with van der Waals surface area (Å²) in [5.41, 5.74) is 2.15. The Bertz CT molecular complexity index is 838. The predicted octanol–water partition coefficient (Wildman–Crippen LogP) is 4.31. The second-order valence-electron chi connectivity index (χ2n) is 6.07. The normalized spacial score (nSPS) is 13.4. The van der Waals surface area contributed by atoms with E-state index in [1.54, 1.807) is 13.0 Å². The Morgan fingerprint density at radius 3 is 2.78 bits per heavy atom. The maximum atomic E-state index is 12.8. The summed E-state index contributed by atoms with van der Waals surface area (Å²) in [7, 11) is 2.06. The van der Waals surface area contributed by atoms with Gasteiger partial charge in [0.25, 0.3) is 5.91 Å². The molecule has 27 heavy (non-hydrogen) atoms. The number of thiophene rings is 1. The monoisotopic (exact) mass is 426 g/mol. The lowest BCUT2D eigenvalue weighted by atomic mass is 10.0. The van der Waals surface area contributed by atoms with Crippen molar-refractivity contribution in [1.29, 1.82) is 0 Å². The molecule has 0 unspecified atom stereocenters. The quantitative estimate of drug-likeness (QED) is 0.570. The van der Waals surface area contributed by atoms with Gasteiger partial charge in [0.2, 0.25) is 0 Å². The second kappa shape index (κ2) is 9.59. The number of benzene rings is 1. The molecule has 5 nitrogen and oxygen atoms in total. The van der Waals surface area contributed by atoms with Crippen molar-refractivity contribution in [2.45, 2.75) is 24.8 Å². The van der Waals surface area contributed by atoms with Crippen molar-refractivity contribution in [2.24, 2.45) is 0 Å². The molecule has 3 rings (SSSR count). The van der Waals surface area contributed by atoms with Crippen LogP contribution in [0.5, 0.6) is 0 Å². The van der Waals surface area contributed by atoms with Gasteiger partial charge in [-0.15, -0.1) is 35.5 Å². The molecule has 0 bridgehead atoms. The molecule has 0 aliphatic carbocycles. The number of hydrogen-bond acceptors (Lipinski definition) is 6. The number of halogens is 1. The fraction of sp³-hybridized carbons (Fsp3) is 0.368. The van der Waals surface area contributed by atoms with Crippen LogP contribution in [-0.2, 0) is 17.7 Å². The highest BCUT2D eigenvalue weighted by molar-refractivity contribution is 7.98. The molecule has 8 heteroatoms. The van der Waals surface area contributed by atoms with E-state index in [1.165, 1.54) is 23.1 Å². The van der Waals surface area contributed by atoms with Gasteiger partial charge in [-0.05, 0) is 44.3 Å². The Morgan fingerprint density at radius 2 is 2.07 bits per heavy atom. The number of nitrogens with zero attached hydrogens (tertiary/aromatic N) is 1. The standard InChI is InChI=1S/C19H22N2O3S2.ClH/c1-4-24-19(23)16-12-9-10-21(2)11-15(12)26-18(16)20-17(22)13-7-5-6-8-14(13)25-3;/h5-8H,4,9-11H2,1-3H3,(H,20,22);1H. The van der Waals surface area contributed by atoms with Gasteiger partial charge in [0.1, 0.15) is 5.00 Å². The number of ether oxygens (including phenoxy) is 1. The zero-order valence-corrected chi connectivity index (χ0v) is 18.0. The van der Waals surface area contributed by atoms with E-state index in [1.807, 2.05) is 24.5 Å². The fourth-order valence-electron chi connectivity index (χ4n) is 3.04. The third kappa shape index (κ3) is 4.66. The molecule has 1 aromatic carbocycles. The number of anilines is 1. The first-order valence-electron chi connectivity index (χ1n) is 8.49. The van der Waals surface area contributed by atoms with Crippen LogP contribution < -0.4 is 5.32 Å². The fourth-order valence-corrected chi connectivity index (χ4v) is 4.95. The molecule has 1 N–H and O–H groups in total. The maximum Gasteiger partial charge on any atom is 0.341 e. The number of nitrogens with one attached hydrogen (secondary N) is 1. The zero-order valence-electron chi connectivity index (χ0n) is 15.5. The lowest BCUT2D eigenvalue weighted by Gasteiger charge is -2.22. The zero-order chi connectivity index (χ0) is 18.7. The molecule has 0 radical (unpaired) electrons. The summed E-state index contributed by atoms with van der Waals surface area (Å²) < 4.78 is 5.25. The molecule has 0 atom stereocenters. The van der Waals surface area contributed by atoms with Crippen molar-refractivity contribution < 1.29 is 14.3 Å².